The van der Waals surface area contributed by atoms with Gasteiger partial charge in [0.1, 0.15) is 5.75 Å². The molecule has 0 unspecified atom stereocenters. The molecule has 0 aliphatic carbocycles. The quantitative estimate of drug-likeness (QED) is 0.740. The Morgan fingerprint density at radius 2 is 1.85 bits per heavy atom. The largest absolute Gasteiger partial charge is 0.507 e. The first kappa shape index (κ1) is 9.74. The minimum absolute atomic E-state index is 0.0363. The number of phenolic OH excluding ortho intramolecular Hbond substituents is 1. The summed E-state index contributed by atoms with van der Waals surface area (Å²) in [5, 5.41) is 9.48. The Kier molecular flexibility index (Phi) is 2.68. The van der Waals surface area contributed by atoms with Crippen molar-refractivity contribution in [3.05, 3.63) is 27.8 Å². The van der Waals surface area contributed by atoms with Crippen LogP contribution in [0, 0.1) is 6.92 Å². The van der Waals surface area contributed by atoms with Crippen LogP contribution in [0.3, 0.4) is 0 Å². The van der Waals surface area contributed by atoms with Crippen LogP contribution >= 0.6 is 11.6 Å². The van der Waals surface area contributed by atoms with Gasteiger partial charge in [-0.2, -0.15) is 0 Å². The summed E-state index contributed by atoms with van der Waals surface area (Å²) >= 11 is 5.75. The van der Waals surface area contributed by atoms with Gasteiger partial charge in [-0.1, -0.05) is 11.6 Å². The average Bonchev–Trinajstić information content (AvgIpc) is 2.10. The smallest absolute Gasteiger partial charge is 0.154 e. The average molecular weight is 199 g/mol. The third-order valence-electron chi connectivity index (χ3n) is 1.74. The Morgan fingerprint density at radius 1 is 1.31 bits per heavy atom. The molecule has 0 aliphatic rings. The zero-order valence-electron chi connectivity index (χ0n) is 6.87. The lowest BCUT2D eigenvalue weighted by Gasteiger charge is -2.05. The van der Waals surface area contributed by atoms with Crippen LogP contribution in [0.25, 0.3) is 0 Å². The Hall–Kier alpha value is -1.35. The van der Waals surface area contributed by atoms with E-state index < -0.39 is 0 Å². The fourth-order valence-electron chi connectivity index (χ4n) is 1.05. The van der Waals surface area contributed by atoms with Crippen LogP contribution in [0.2, 0.25) is 5.02 Å². The maximum atomic E-state index is 10.6. The molecule has 0 atom stereocenters. The summed E-state index contributed by atoms with van der Waals surface area (Å²) in [7, 11) is 0. The second-order valence-corrected chi connectivity index (χ2v) is 2.97. The normalized spacial score (nSPS) is 9.69. The van der Waals surface area contributed by atoms with Gasteiger partial charge in [-0.25, -0.2) is 0 Å². The number of benzene rings is 1. The van der Waals surface area contributed by atoms with Gasteiger partial charge >= 0.3 is 0 Å². The van der Waals surface area contributed by atoms with Crippen molar-refractivity contribution in [1.29, 1.82) is 0 Å². The highest BCUT2D eigenvalue weighted by Crippen LogP contribution is 2.28. The van der Waals surface area contributed by atoms with Gasteiger partial charge in [-0.15, -0.1) is 0 Å². The van der Waals surface area contributed by atoms with E-state index in [-0.39, 0.29) is 21.9 Å². The van der Waals surface area contributed by atoms with E-state index in [4.69, 9.17) is 11.6 Å². The molecule has 0 saturated heterocycles. The molecule has 0 bridgehead atoms. The fourth-order valence-corrected chi connectivity index (χ4v) is 1.25. The number of aromatic hydroxyl groups is 1. The molecule has 68 valence electrons. The standard InChI is InChI=1S/C9H7ClO3/c1-5-2-8(13)6(3-11)7(4-12)9(5)10/h2-4,13H,1H3. The maximum Gasteiger partial charge on any atom is 0.154 e. The second kappa shape index (κ2) is 3.58. The van der Waals surface area contributed by atoms with Crippen molar-refractivity contribution >= 4 is 24.2 Å². The highest BCUT2D eigenvalue weighted by atomic mass is 35.5. The fraction of sp³-hybridized carbons (Fsp3) is 0.111. The summed E-state index contributed by atoms with van der Waals surface area (Å²) in [6.45, 7) is 1.64. The lowest BCUT2D eigenvalue weighted by molar-refractivity contribution is 0.109. The molecule has 13 heavy (non-hydrogen) atoms. The predicted octanol–water partition coefficient (Wildman–Crippen LogP) is 1.98. The SMILES string of the molecule is Cc1cc(O)c(C=O)c(C=O)c1Cl. The second-order valence-electron chi connectivity index (χ2n) is 2.59. The molecule has 1 aromatic rings. The van der Waals surface area contributed by atoms with Gasteiger partial charge in [0, 0.05) is 5.56 Å². The van der Waals surface area contributed by atoms with Crippen LogP contribution in [0.5, 0.6) is 5.75 Å². The number of rotatable bonds is 2. The van der Waals surface area contributed by atoms with Crippen molar-refractivity contribution in [3.63, 3.8) is 0 Å². The summed E-state index contributed by atoms with van der Waals surface area (Å²) in [5.74, 6) is -0.223. The highest BCUT2D eigenvalue weighted by molar-refractivity contribution is 6.34. The highest BCUT2D eigenvalue weighted by Gasteiger charge is 2.13. The van der Waals surface area contributed by atoms with Gasteiger partial charge in [0.15, 0.2) is 12.6 Å². The van der Waals surface area contributed by atoms with Crippen LogP contribution in [0.1, 0.15) is 26.3 Å². The first-order chi connectivity index (χ1) is 6.11. The molecule has 1 aromatic carbocycles. The van der Waals surface area contributed by atoms with Crippen LogP contribution in [0.15, 0.2) is 6.07 Å². The first-order valence-corrected chi connectivity index (χ1v) is 3.92. The summed E-state index contributed by atoms with van der Waals surface area (Å²) < 4.78 is 0. The molecule has 0 fully saturated rings. The number of halogens is 1. The topological polar surface area (TPSA) is 54.4 Å². The van der Waals surface area contributed by atoms with Crippen LogP contribution in [0.4, 0.5) is 0 Å². The van der Waals surface area contributed by atoms with Gasteiger partial charge in [0.05, 0.1) is 10.6 Å². The molecule has 1 rings (SSSR count). The molecule has 0 spiro atoms. The number of phenols is 1. The number of aryl methyl sites for hydroxylation is 1. The number of carbonyl (C=O) groups excluding carboxylic acids is 2. The number of carbonyl (C=O) groups is 2. The first-order valence-electron chi connectivity index (χ1n) is 3.54. The van der Waals surface area contributed by atoms with E-state index in [1.54, 1.807) is 6.92 Å². The molecule has 0 aromatic heterocycles. The molecular weight excluding hydrogens is 192 g/mol. The lowest BCUT2D eigenvalue weighted by Crippen LogP contribution is -1.95. The van der Waals surface area contributed by atoms with Crippen molar-refractivity contribution in [2.45, 2.75) is 6.92 Å². The Balaban J connectivity index is 3.59. The van der Waals surface area contributed by atoms with E-state index in [0.29, 0.717) is 18.1 Å². The molecule has 0 saturated carbocycles. The number of hydrogen-bond donors (Lipinski definition) is 1. The molecule has 3 nitrogen and oxygen atoms in total. The zero-order valence-corrected chi connectivity index (χ0v) is 7.63. The molecule has 0 heterocycles. The Bertz CT molecular complexity index is 372. The number of aldehydes is 2. The third-order valence-corrected chi connectivity index (χ3v) is 2.24. The predicted molar refractivity (Wildman–Crippen MR) is 48.6 cm³/mol. The number of hydrogen-bond acceptors (Lipinski definition) is 3. The van der Waals surface area contributed by atoms with Crippen molar-refractivity contribution < 1.29 is 14.7 Å². The van der Waals surface area contributed by atoms with Gasteiger partial charge in [-0.3, -0.25) is 9.59 Å². The van der Waals surface area contributed by atoms with Crippen molar-refractivity contribution in [2.24, 2.45) is 0 Å². The minimum Gasteiger partial charge on any atom is -0.507 e. The van der Waals surface area contributed by atoms with Crippen molar-refractivity contribution in [2.75, 3.05) is 0 Å². The van der Waals surface area contributed by atoms with Crippen LogP contribution in [-0.4, -0.2) is 17.7 Å². The monoisotopic (exact) mass is 198 g/mol. The van der Waals surface area contributed by atoms with E-state index in [9.17, 15) is 14.7 Å². The maximum absolute atomic E-state index is 10.6. The third kappa shape index (κ3) is 1.55. The van der Waals surface area contributed by atoms with Gasteiger partial charge < -0.3 is 5.11 Å². The van der Waals surface area contributed by atoms with Gasteiger partial charge in [0.2, 0.25) is 0 Å². The minimum atomic E-state index is -0.223. The molecule has 0 amide bonds. The van der Waals surface area contributed by atoms with Crippen molar-refractivity contribution in [3.8, 4) is 5.75 Å². The Morgan fingerprint density at radius 3 is 2.31 bits per heavy atom. The molecular formula is C9H7ClO3. The zero-order chi connectivity index (χ0) is 10.0. The summed E-state index contributed by atoms with van der Waals surface area (Å²) in [4.78, 5) is 21.1. The van der Waals surface area contributed by atoms with Crippen LogP contribution in [-0.2, 0) is 0 Å². The van der Waals surface area contributed by atoms with E-state index in [1.165, 1.54) is 6.07 Å². The van der Waals surface area contributed by atoms with E-state index in [2.05, 4.69) is 0 Å². The van der Waals surface area contributed by atoms with E-state index in [0.717, 1.165) is 0 Å². The van der Waals surface area contributed by atoms with E-state index >= 15 is 0 Å². The Labute approximate surface area is 79.9 Å². The molecule has 0 radical (unpaired) electrons. The molecule has 4 heteroatoms. The van der Waals surface area contributed by atoms with Crippen LogP contribution < -0.4 is 0 Å². The molecule has 0 aliphatic heterocycles. The lowest BCUT2D eigenvalue weighted by atomic mass is 10.1. The van der Waals surface area contributed by atoms with Gasteiger partial charge in [-0.05, 0) is 18.6 Å². The van der Waals surface area contributed by atoms with Gasteiger partial charge in [0.25, 0.3) is 0 Å². The van der Waals surface area contributed by atoms with Crippen molar-refractivity contribution in [1.82, 2.24) is 0 Å². The summed E-state index contributed by atoms with van der Waals surface area (Å²) in [6.07, 6.45) is 0.864. The van der Waals surface area contributed by atoms with E-state index in [1.807, 2.05) is 0 Å². The molecule has 1 N–H and O–H groups in total. The summed E-state index contributed by atoms with van der Waals surface area (Å²) in [6, 6.07) is 1.35. The summed E-state index contributed by atoms with van der Waals surface area (Å²) in [5.41, 5.74) is 0.534.